The number of carbonyl (C=O) groups excluding carboxylic acids is 2. The van der Waals surface area contributed by atoms with E-state index in [1.54, 1.807) is 30.5 Å². The molecule has 1 aromatic heterocycles. The van der Waals surface area contributed by atoms with Crippen LogP contribution in [0.4, 0.5) is 5.69 Å². The molecule has 0 aliphatic carbocycles. The van der Waals surface area contributed by atoms with E-state index in [4.69, 9.17) is 0 Å². The third-order valence-electron chi connectivity index (χ3n) is 5.14. The molecule has 2 amide bonds. The van der Waals surface area contributed by atoms with Gasteiger partial charge in [0.15, 0.2) is 0 Å². The first-order chi connectivity index (χ1) is 14.1. The minimum absolute atomic E-state index is 0.183. The predicted molar refractivity (Wildman–Crippen MR) is 112 cm³/mol. The van der Waals surface area contributed by atoms with Crippen molar-refractivity contribution in [1.82, 2.24) is 14.7 Å². The molecule has 0 bridgehead atoms. The molecule has 148 valence electrons. The molecule has 1 N–H and O–H groups in total. The van der Waals surface area contributed by atoms with Crippen LogP contribution in [0, 0.1) is 0 Å². The van der Waals surface area contributed by atoms with Gasteiger partial charge in [0.25, 0.3) is 11.8 Å². The van der Waals surface area contributed by atoms with E-state index in [1.165, 1.54) is 10.5 Å². The third kappa shape index (κ3) is 4.21. The zero-order valence-corrected chi connectivity index (χ0v) is 16.4. The normalized spacial score (nSPS) is 14.2. The summed E-state index contributed by atoms with van der Waals surface area (Å²) in [6.07, 6.45) is 5.34. The van der Waals surface area contributed by atoms with E-state index in [1.807, 2.05) is 29.1 Å². The Labute approximate surface area is 170 Å². The van der Waals surface area contributed by atoms with Crippen LogP contribution in [0.5, 0.6) is 0 Å². The Morgan fingerprint density at radius 2 is 1.76 bits per heavy atom. The number of rotatable bonds is 8. The number of fused-ring (bicyclic) bond motifs is 1. The van der Waals surface area contributed by atoms with Gasteiger partial charge < -0.3 is 5.32 Å². The van der Waals surface area contributed by atoms with Crippen LogP contribution in [0.3, 0.4) is 0 Å². The lowest BCUT2D eigenvalue weighted by atomic mass is 10.1. The second kappa shape index (κ2) is 8.31. The molecule has 0 unspecified atom stereocenters. The van der Waals surface area contributed by atoms with Crippen molar-refractivity contribution in [2.75, 3.05) is 11.9 Å². The Balaban J connectivity index is 1.28. The SMILES string of the molecule is C[C@H](CCCN1C(=O)c2ccccc2C1=O)Nc1cccc(Cn2cccn2)c1. The molecule has 0 saturated carbocycles. The van der Waals surface area contributed by atoms with Gasteiger partial charge in [0.1, 0.15) is 0 Å². The van der Waals surface area contributed by atoms with E-state index in [0.29, 0.717) is 17.7 Å². The maximum absolute atomic E-state index is 12.4. The fourth-order valence-electron chi connectivity index (χ4n) is 3.69. The zero-order valence-electron chi connectivity index (χ0n) is 16.4. The fraction of sp³-hybridized carbons (Fsp3) is 0.261. The number of hydrogen-bond acceptors (Lipinski definition) is 4. The summed E-state index contributed by atoms with van der Waals surface area (Å²) in [6.45, 7) is 3.29. The maximum Gasteiger partial charge on any atom is 0.261 e. The Bertz CT molecular complexity index is 978. The Morgan fingerprint density at radius 3 is 2.45 bits per heavy atom. The number of imide groups is 1. The smallest absolute Gasteiger partial charge is 0.261 e. The quantitative estimate of drug-likeness (QED) is 0.596. The topological polar surface area (TPSA) is 67.2 Å². The molecule has 1 atom stereocenters. The third-order valence-corrected chi connectivity index (χ3v) is 5.14. The highest BCUT2D eigenvalue weighted by molar-refractivity contribution is 6.21. The molecule has 0 spiro atoms. The first-order valence-corrected chi connectivity index (χ1v) is 9.90. The van der Waals surface area contributed by atoms with Gasteiger partial charge in [-0.15, -0.1) is 0 Å². The number of hydrogen-bond donors (Lipinski definition) is 1. The van der Waals surface area contributed by atoms with Gasteiger partial charge in [0.2, 0.25) is 0 Å². The van der Waals surface area contributed by atoms with Gasteiger partial charge in [-0.3, -0.25) is 19.2 Å². The molecular weight excluding hydrogens is 364 g/mol. The maximum atomic E-state index is 12.4. The van der Waals surface area contributed by atoms with Crippen LogP contribution in [0.2, 0.25) is 0 Å². The number of nitrogens with zero attached hydrogens (tertiary/aromatic N) is 3. The standard InChI is InChI=1S/C23H24N4O2/c1-17(25-19-9-4-8-18(15-19)16-26-13-6-12-24-26)7-5-14-27-22(28)20-10-2-3-11-21(20)23(27)29/h2-4,6,8-13,15,17,25H,5,7,14,16H2,1H3/t17-/m1/s1. The molecule has 0 radical (unpaired) electrons. The molecule has 2 aromatic carbocycles. The summed E-state index contributed by atoms with van der Waals surface area (Å²) in [4.78, 5) is 26.2. The molecule has 3 aromatic rings. The average Bonchev–Trinajstić information content (AvgIpc) is 3.31. The monoisotopic (exact) mass is 388 g/mol. The molecule has 6 heteroatoms. The minimum atomic E-state index is -0.183. The summed E-state index contributed by atoms with van der Waals surface area (Å²) in [7, 11) is 0. The molecule has 0 saturated heterocycles. The van der Waals surface area contributed by atoms with E-state index < -0.39 is 0 Å². The van der Waals surface area contributed by atoms with Crippen LogP contribution in [0.1, 0.15) is 46.0 Å². The van der Waals surface area contributed by atoms with E-state index in [0.717, 1.165) is 25.1 Å². The van der Waals surface area contributed by atoms with Crippen LogP contribution < -0.4 is 5.32 Å². The van der Waals surface area contributed by atoms with E-state index in [2.05, 4.69) is 29.5 Å². The summed E-state index contributed by atoms with van der Waals surface area (Å²) in [5, 5.41) is 7.75. The Kier molecular flexibility index (Phi) is 5.42. The van der Waals surface area contributed by atoms with Crippen LogP contribution in [-0.4, -0.2) is 39.1 Å². The molecule has 29 heavy (non-hydrogen) atoms. The van der Waals surface area contributed by atoms with Crippen LogP contribution in [-0.2, 0) is 6.54 Å². The molecule has 6 nitrogen and oxygen atoms in total. The van der Waals surface area contributed by atoms with Crippen LogP contribution in [0.15, 0.2) is 67.0 Å². The van der Waals surface area contributed by atoms with Gasteiger partial charge in [-0.1, -0.05) is 24.3 Å². The number of carbonyl (C=O) groups is 2. The van der Waals surface area contributed by atoms with Crippen molar-refractivity contribution in [3.05, 3.63) is 83.7 Å². The summed E-state index contributed by atoms with van der Waals surface area (Å²) in [6, 6.07) is 17.5. The largest absolute Gasteiger partial charge is 0.383 e. The second-order valence-corrected chi connectivity index (χ2v) is 7.40. The van der Waals surface area contributed by atoms with Gasteiger partial charge in [-0.25, -0.2) is 0 Å². The zero-order chi connectivity index (χ0) is 20.2. The van der Waals surface area contributed by atoms with Gasteiger partial charge >= 0.3 is 0 Å². The lowest BCUT2D eigenvalue weighted by Gasteiger charge is -2.18. The second-order valence-electron chi connectivity index (χ2n) is 7.40. The molecule has 1 aliphatic heterocycles. The Hall–Kier alpha value is -3.41. The van der Waals surface area contributed by atoms with Crippen molar-refractivity contribution in [3.8, 4) is 0 Å². The van der Waals surface area contributed by atoms with Crippen molar-refractivity contribution in [3.63, 3.8) is 0 Å². The first kappa shape index (κ1) is 18.9. The van der Waals surface area contributed by atoms with Crippen molar-refractivity contribution in [2.45, 2.75) is 32.4 Å². The summed E-state index contributed by atoms with van der Waals surface area (Å²) in [5.41, 5.74) is 3.26. The predicted octanol–water partition coefficient (Wildman–Crippen LogP) is 3.81. The number of nitrogens with one attached hydrogen (secondary N) is 1. The van der Waals surface area contributed by atoms with Crippen molar-refractivity contribution >= 4 is 17.5 Å². The van der Waals surface area contributed by atoms with Crippen LogP contribution in [0.25, 0.3) is 0 Å². The minimum Gasteiger partial charge on any atom is -0.383 e. The highest BCUT2D eigenvalue weighted by Crippen LogP contribution is 2.23. The first-order valence-electron chi connectivity index (χ1n) is 9.90. The van der Waals surface area contributed by atoms with E-state index in [-0.39, 0.29) is 17.9 Å². The van der Waals surface area contributed by atoms with Crippen molar-refractivity contribution < 1.29 is 9.59 Å². The highest BCUT2D eigenvalue weighted by Gasteiger charge is 2.34. The summed E-state index contributed by atoms with van der Waals surface area (Å²) < 4.78 is 1.89. The Morgan fingerprint density at radius 1 is 1.00 bits per heavy atom. The molecule has 2 heterocycles. The lowest BCUT2D eigenvalue weighted by Crippen LogP contribution is -2.31. The number of benzene rings is 2. The molecule has 1 aliphatic rings. The van der Waals surface area contributed by atoms with Crippen molar-refractivity contribution in [2.24, 2.45) is 0 Å². The molecule has 0 fully saturated rings. The number of amides is 2. The summed E-state index contributed by atoms with van der Waals surface area (Å²) in [5.74, 6) is -0.366. The average molecular weight is 388 g/mol. The van der Waals surface area contributed by atoms with Gasteiger partial charge in [0, 0.05) is 30.7 Å². The number of anilines is 1. The lowest BCUT2D eigenvalue weighted by molar-refractivity contribution is 0.0651. The van der Waals surface area contributed by atoms with Gasteiger partial charge in [-0.2, -0.15) is 5.10 Å². The van der Waals surface area contributed by atoms with Gasteiger partial charge in [-0.05, 0) is 55.7 Å². The van der Waals surface area contributed by atoms with E-state index in [9.17, 15) is 9.59 Å². The van der Waals surface area contributed by atoms with Crippen LogP contribution >= 0.6 is 0 Å². The number of aromatic nitrogens is 2. The van der Waals surface area contributed by atoms with Gasteiger partial charge in [0.05, 0.1) is 17.7 Å². The highest BCUT2D eigenvalue weighted by atomic mass is 16.2. The fourth-order valence-corrected chi connectivity index (χ4v) is 3.69. The van der Waals surface area contributed by atoms with Crippen molar-refractivity contribution in [1.29, 1.82) is 0 Å². The summed E-state index contributed by atoms with van der Waals surface area (Å²) >= 11 is 0. The molecular formula is C23H24N4O2. The van der Waals surface area contributed by atoms with E-state index >= 15 is 0 Å². The molecule has 4 rings (SSSR count).